The average molecular weight is 634 g/mol. The smallest absolute Gasteiger partial charge is 0.406 e. The molecule has 0 saturated heterocycles. The van der Waals surface area contributed by atoms with E-state index in [2.05, 4.69) is 60.0 Å². The van der Waals surface area contributed by atoms with E-state index >= 15 is 0 Å². The zero-order valence-corrected chi connectivity index (χ0v) is 26.5. The number of hydrogen-bond donors (Lipinski definition) is 1. The molecule has 0 radical (unpaired) electrons. The minimum Gasteiger partial charge on any atom is -0.406 e. The molecule has 0 fully saturated rings. The lowest BCUT2D eigenvalue weighted by Gasteiger charge is -2.14. The summed E-state index contributed by atoms with van der Waals surface area (Å²) in [7, 11) is 0. The second-order valence-electron chi connectivity index (χ2n) is 11.1. The minimum atomic E-state index is -4.73. The SMILES string of the molecule is Cc1cc(C)c(-n2c(C)cs/c2=N\C(=O)NCCC(C)c2ccc(-c3ccn(-c4ccc(OC(F)(F)F)cc4)n3)cc2)c(C)c1. The molecule has 2 heterocycles. The van der Waals surface area contributed by atoms with Gasteiger partial charge in [0.1, 0.15) is 5.75 Å². The van der Waals surface area contributed by atoms with Crippen molar-refractivity contribution >= 4 is 17.4 Å². The van der Waals surface area contributed by atoms with Gasteiger partial charge in [0.25, 0.3) is 0 Å². The Labute approximate surface area is 263 Å². The molecular weight excluding hydrogens is 599 g/mol. The molecule has 1 N–H and O–H groups in total. The summed E-state index contributed by atoms with van der Waals surface area (Å²) in [6, 6.07) is 19.3. The molecule has 7 nitrogen and oxygen atoms in total. The molecule has 2 amide bonds. The van der Waals surface area contributed by atoms with E-state index in [1.807, 2.05) is 47.2 Å². The first-order valence-corrected chi connectivity index (χ1v) is 15.4. The Bertz CT molecular complexity index is 1850. The summed E-state index contributed by atoms with van der Waals surface area (Å²) in [5.74, 6) is -0.0904. The molecule has 234 valence electrons. The van der Waals surface area contributed by atoms with Gasteiger partial charge in [-0.15, -0.1) is 24.5 Å². The first-order chi connectivity index (χ1) is 21.4. The van der Waals surface area contributed by atoms with Crippen LogP contribution in [-0.2, 0) is 0 Å². The maximum Gasteiger partial charge on any atom is 0.573 e. The van der Waals surface area contributed by atoms with Crippen molar-refractivity contribution in [1.82, 2.24) is 19.7 Å². The Morgan fingerprint density at radius 1 is 1.00 bits per heavy atom. The number of alkyl halides is 3. The second kappa shape index (κ2) is 13.2. The fraction of sp³-hybridized carbons (Fsp3) is 0.265. The molecule has 0 aliphatic carbocycles. The highest BCUT2D eigenvalue weighted by atomic mass is 32.1. The molecule has 0 bridgehead atoms. The number of nitrogens with one attached hydrogen (secondary N) is 1. The van der Waals surface area contributed by atoms with Crippen LogP contribution in [0.1, 0.15) is 47.2 Å². The summed E-state index contributed by atoms with van der Waals surface area (Å²) < 4.78 is 44.9. The largest absolute Gasteiger partial charge is 0.573 e. The van der Waals surface area contributed by atoms with Crippen molar-refractivity contribution in [2.24, 2.45) is 4.99 Å². The number of carbonyl (C=O) groups is 1. The highest BCUT2D eigenvalue weighted by molar-refractivity contribution is 7.07. The number of benzene rings is 3. The number of aryl methyl sites for hydroxylation is 4. The normalized spacial score (nSPS) is 12.8. The maximum absolute atomic E-state index is 12.8. The van der Waals surface area contributed by atoms with E-state index in [1.165, 1.54) is 41.2 Å². The van der Waals surface area contributed by atoms with Crippen LogP contribution in [-0.4, -0.2) is 33.3 Å². The highest BCUT2D eigenvalue weighted by Gasteiger charge is 2.31. The van der Waals surface area contributed by atoms with Crippen LogP contribution in [0.5, 0.6) is 5.75 Å². The van der Waals surface area contributed by atoms with Gasteiger partial charge in [-0.1, -0.05) is 48.9 Å². The number of nitrogens with zero attached hydrogens (tertiary/aromatic N) is 4. The van der Waals surface area contributed by atoms with Crippen molar-refractivity contribution in [2.75, 3.05) is 6.54 Å². The van der Waals surface area contributed by atoms with E-state index in [-0.39, 0.29) is 17.7 Å². The lowest BCUT2D eigenvalue weighted by molar-refractivity contribution is -0.274. The van der Waals surface area contributed by atoms with Gasteiger partial charge < -0.3 is 10.1 Å². The Balaban J connectivity index is 1.18. The molecule has 1 atom stereocenters. The van der Waals surface area contributed by atoms with Crippen LogP contribution in [0, 0.1) is 27.7 Å². The molecule has 0 spiro atoms. The van der Waals surface area contributed by atoms with Crippen molar-refractivity contribution < 1.29 is 22.7 Å². The minimum absolute atomic E-state index is 0.195. The highest BCUT2D eigenvalue weighted by Crippen LogP contribution is 2.26. The zero-order chi connectivity index (χ0) is 32.3. The average Bonchev–Trinajstić information content (AvgIpc) is 3.60. The van der Waals surface area contributed by atoms with Gasteiger partial charge in [0, 0.05) is 29.4 Å². The molecule has 0 saturated carbocycles. The van der Waals surface area contributed by atoms with Crippen LogP contribution in [0.15, 0.2) is 83.3 Å². The molecule has 0 aliphatic rings. The summed E-state index contributed by atoms with van der Waals surface area (Å²) in [6.07, 6.45) is -2.24. The first-order valence-electron chi connectivity index (χ1n) is 14.5. The van der Waals surface area contributed by atoms with Gasteiger partial charge in [-0.2, -0.15) is 10.1 Å². The Hall–Kier alpha value is -4.64. The van der Waals surface area contributed by atoms with Gasteiger partial charge in [-0.25, -0.2) is 9.48 Å². The molecule has 0 aliphatic heterocycles. The Morgan fingerprint density at radius 3 is 2.31 bits per heavy atom. The number of thiazole rings is 1. The van der Waals surface area contributed by atoms with Crippen molar-refractivity contribution in [1.29, 1.82) is 0 Å². The van der Waals surface area contributed by atoms with E-state index < -0.39 is 6.36 Å². The Kier molecular flexibility index (Phi) is 9.29. The van der Waals surface area contributed by atoms with E-state index in [0.717, 1.165) is 45.7 Å². The van der Waals surface area contributed by atoms with Crippen LogP contribution < -0.4 is 14.9 Å². The van der Waals surface area contributed by atoms with Crippen LogP contribution in [0.25, 0.3) is 22.6 Å². The molecular formula is C34H34F3N5O2S. The lowest BCUT2D eigenvalue weighted by atomic mass is 9.96. The molecule has 5 rings (SSSR count). The standard InChI is InChI=1S/C34H34F3N5O2S/c1-21-18-23(3)31(24(4)19-21)42-25(5)20-45-33(42)39-32(43)38-16-14-22(2)26-6-8-27(9-7-26)30-15-17-41(40-30)28-10-12-29(13-11-28)44-34(35,36)37/h6-13,15,17-20,22H,14,16H2,1-5H3,(H,38,43)/b39-33-. The van der Waals surface area contributed by atoms with E-state index in [0.29, 0.717) is 17.0 Å². The number of hydrogen-bond acceptors (Lipinski definition) is 4. The van der Waals surface area contributed by atoms with E-state index in [9.17, 15) is 18.0 Å². The third kappa shape index (κ3) is 7.72. The van der Waals surface area contributed by atoms with Crippen molar-refractivity contribution in [2.45, 2.75) is 53.3 Å². The maximum atomic E-state index is 12.8. The van der Waals surface area contributed by atoms with Gasteiger partial charge in [0.15, 0.2) is 4.80 Å². The topological polar surface area (TPSA) is 73.4 Å². The van der Waals surface area contributed by atoms with Gasteiger partial charge >= 0.3 is 12.4 Å². The summed E-state index contributed by atoms with van der Waals surface area (Å²) in [4.78, 5) is 17.8. The summed E-state index contributed by atoms with van der Waals surface area (Å²) in [5, 5.41) is 9.52. The van der Waals surface area contributed by atoms with Gasteiger partial charge in [0.2, 0.25) is 0 Å². The van der Waals surface area contributed by atoms with E-state index in [1.54, 1.807) is 10.9 Å². The van der Waals surface area contributed by atoms with Crippen molar-refractivity contribution in [3.63, 3.8) is 0 Å². The number of aromatic nitrogens is 3. The quantitative estimate of drug-likeness (QED) is 0.187. The van der Waals surface area contributed by atoms with Gasteiger partial charge in [-0.05, 0) is 87.1 Å². The molecule has 5 aromatic rings. The number of ether oxygens (including phenoxy) is 1. The Morgan fingerprint density at radius 2 is 1.67 bits per heavy atom. The predicted octanol–water partition coefficient (Wildman–Crippen LogP) is 8.33. The van der Waals surface area contributed by atoms with Crippen molar-refractivity contribution in [3.05, 3.63) is 111 Å². The van der Waals surface area contributed by atoms with Gasteiger partial charge in [0.05, 0.1) is 17.1 Å². The fourth-order valence-electron chi connectivity index (χ4n) is 5.36. The number of carbonyl (C=O) groups excluding carboxylic acids is 1. The monoisotopic (exact) mass is 633 g/mol. The zero-order valence-electron chi connectivity index (χ0n) is 25.6. The molecule has 1 unspecified atom stereocenters. The number of rotatable bonds is 8. The number of halogens is 3. The third-order valence-electron chi connectivity index (χ3n) is 7.49. The molecule has 45 heavy (non-hydrogen) atoms. The van der Waals surface area contributed by atoms with Crippen LogP contribution in [0.3, 0.4) is 0 Å². The second-order valence-corrected chi connectivity index (χ2v) is 11.9. The fourth-order valence-corrected chi connectivity index (χ4v) is 6.22. The van der Waals surface area contributed by atoms with Crippen LogP contribution in [0.2, 0.25) is 0 Å². The third-order valence-corrected chi connectivity index (χ3v) is 8.43. The number of urea groups is 1. The summed E-state index contributed by atoms with van der Waals surface area (Å²) in [5.41, 5.74) is 8.93. The van der Waals surface area contributed by atoms with Crippen LogP contribution >= 0.6 is 11.3 Å². The molecule has 2 aromatic heterocycles. The van der Waals surface area contributed by atoms with Crippen molar-refractivity contribution in [3.8, 4) is 28.4 Å². The van der Waals surface area contributed by atoms with E-state index in [4.69, 9.17) is 0 Å². The lowest BCUT2D eigenvalue weighted by Crippen LogP contribution is -2.26. The predicted molar refractivity (Wildman–Crippen MR) is 170 cm³/mol. The number of amides is 2. The molecule has 11 heteroatoms. The first kappa shape index (κ1) is 31.8. The summed E-state index contributed by atoms with van der Waals surface area (Å²) >= 11 is 1.45. The summed E-state index contributed by atoms with van der Waals surface area (Å²) in [6.45, 7) is 10.8. The van der Waals surface area contributed by atoms with Crippen LogP contribution in [0.4, 0.5) is 18.0 Å². The van der Waals surface area contributed by atoms with Gasteiger partial charge in [-0.3, -0.25) is 4.57 Å². The molecule has 3 aromatic carbocycles.